The Hall–Kier alpha value is -3.23. The van der Waals surface area contributed by atoms with Crippen LogP contribution < -0.4 is 10.6 Å². The second-order valence-corrected chi connectivity index (χ2v) is 19.2. The summed E-state index contributed by atoms with van der Waals surface area (Å²) in [6.07, 6.45) is 43.1. The zero-order chi connectivity index (χ0) is 43.4. The van der Waals surface area contributed by atoms with Crippen molar-refractivity contribution < 1.29 is 29.7 Å². The quantitative estimate of drug-likeness (QED) is 0.0459. The zero-order valence-corrected chi connectivity index (χ0v) is 37.7. The molecule has 0 aliphatic heterocycles. The molecule has 4 fully saturated rings. The third-order valence-electron chi connectivity index (χ3n) is 15.3. The zero-order valence-electron chi connectivity index (χ0n) is 37.7. The predicted octanol–water partition coefficient (Wildman–Crippen LogP) is 10.7. The Morgan fingerprint density at radius 2 is 1.27 bits per heavy atom. The van der Waals surface area contributed by atoms with Gasteiger partial charge in [-0.3, -0.25) is 9.59 Å². The number of nitrogens with one attached hydrogen (secondary N) is 2. The summed E-state index contributed by atoms with van der Waals surface area (Å²) in [6.45, 7) is 9.80. The third-order valence-corrected chi connectivity index (χ3v) is 15.3. The van der Waals surface area contributed by atoms with E-state index < -0.39 is 12.0 Å². The lowest BCUT2D eigenvalue weighted by atomic mass is 9.43. The number of amides is 2. The van der Waals surface area contributed by atoms with Gasteiger partial charge < -0.3 is 26.0 Å². The van der Waals surface area contributed by atoms with Crippen molar-refractivity contribution in [3.05, 3.63) is 72.9 Å². The van der Waals surface area contributed by atoms with Crippen LogP contribution in [0.5, 0.6) is 0 Å². The van der Waals surface area contributed by atoms with Gasteiger partial charge in [0.05, 0.1) is 12.2 Å². The number of fused-ring (bicyclic) bond motifs is 5. The molecule has 11 atom stereocenters. The molecule has 0 saturated heterocycles. The molecule has 4 rings (SSSR count). The molecule has 4 aliphatic carbocycles. The van der Waals surface area contributed by atoms with Crippen molar-refractivity contribution in [3.8, 4) is 0 Å². The van der Waals surface area contributed by atoms with E-state index in [1.807, 2.05) is 6.08 Å². The maximum atomic E-state index is 13.0. The Balaban J connectivity index is 1.04. The van der Waals surface area contributed by atoms with Crippen LogP contribution in [0.4, 0.5) is 0 Å². The fourth-order valence-electron chi connectivity index (χ4n) is 11.9. The van der Waals surface area contributed by atoms with Crippen LogP contribution in [0, 0.1) is 46.3 Å². The minimum Gasteiger partial charge on any atom is -0.480 e. The summed E-state index contributed by atoms with van der Waals surface area (Å²) in [6, 6.07) is -0.931. The van der Waals surface area contributed by atoms with Gasteiger partial charge in [0.1, 0.15) is 6.04 Å². The Labute approximate surface area is 363 Å². The van der Waals surface area contributed by atoms with Crippen molar-refractivity contribution in [2.45, 2.75) is 181 Å². The van der Waals surface area contributed by atoms with E-state index in [9.17, 15) is 29.7 Å². The van der Waals surface area contributed by atoms with Crippen LogP contribution in [0.2, 0.25) is 0 Å². The summed E-state index contributed by atoms with van der Waals surface area (Å²) in [5.41, 5.74) is 0.347. The van der Waals surface area contributed by atoms with Gasteiger partial charge in [-0.15, -0.1) is 0 Å². The first-order chi connectivity index (χ1) is 28.9. The Morgan fingerprint density at radius 3 is 1.88 bits per heavy atom. The van der Waals surface area contributed by atoms with Crippen molar-refractivity contribution in [3.63, 3.8) is 0 Å². The van der Waals surface area contributed by atoms with Gasteiger partial charge >= 0.3 is 5.97 Å². The average molecular weight is 831 g/mol. The molecule has 60 heavy (non-hydrogen) atoms. The maximum absolute atomic E-state index is 13.0. The van der Waals surface area contributed by atoms with Crippen molar-refractivity contribution in [1.29, 1.82) is 0 Å². The lowest BCUT2D eigenvalue weighted by molar-refractivity contribution is -0.174. The molecule has 0 bridgehead atoms. The number of allylic oxidation sites excluding steroid dienone is 12. The van der Waals surface area contributed by atoms with Crippen LogP contribution in [0.1, 0.15) is 163 Å². The lowest BCUT2D eigenvalue weighted by Crippen LogP contribution is -2.58. The highest BCUT2D eigenvalue weighted by molar-refractivity contribution is 5.83. The fourth-order valence-corrected chi connectivity index (χ4v) is 11.9. The van der Waals surface area contributed by atoms with Crippen molar-refractivity contribution in [2.24, 2.45) is 46.3 Å². The van der Waals surface area contributed by atoms with E-state index in [-0.39, 0.29) is 34.9 Å². The SMILES string of the molecule is CCC=CCC=CCC=CCC=CCC=CCC=CCCC(=O)NCCCCC(NC(=O)CC[C@@H](C)C1CC[C@H]2[C@@H]3[C@H](O)C[C@@H]4C[C@H](O)CC[C@]4(C)[C@H]3CC[C@]12C)C(=O)O. The van der Waals surface area contributed by atoms with E-state index in [4.69, 9.17) is 0 Å². The van der Waals surface area contributed by atoms with Gasteiger partial charge in [-0.1, -0.05) is 101 Å². The number of carbonyl (C=O) groups excluding carboxylic acids is 2. The summed E-state index contributed by atoms with van der Waals surface area (Å²) < 4.78 is 0. The Bertz CT molecular complexity index is 1510. The van der Waals surface area contributed by atoms with Gasteiger partial charge in [0, 0.05) is 19.4 Å². The van der Waals surface area contributed by atoms with E-state index in [0.29, 0.717) is 80.6 Å². The number of unbranched alkanes of at least 4 members (excludes halogenated alkanes) is 1. The largest absolute Gasteiger partial charge is 0.480 e. The second kappa shape index (κ2) is 25.6. The summed E-state index contributed by atoms with van der Waals surface area (Å²) in [5.74, 6) is 1.31. The fraction of sp³-hybridized carbons (Fsp3) is 0.712. The van der Waals surface area contributed by atoms with E-state index in [0.717, 1.165) is 96.3 Å². The van der Waals surface area contributed by atoms with Crippen LogP contribution in [-0.4, -0.2) is 57.9 Å². The Morgan fingerprint density at radius 1 is 0.683 bits per heavy atom. The molecule has 2 amide bonds. The van der Waals surface area contributed by atoms with Crippen molar-refractivity contribution in [1.82, 2.24) is 10.6 Å². The number of aliphatic carboxylic acids is 1. The van der Waals surface area contributed by atoms with Crippen LogP contribution in [-0.2, 0) is 14.4 Å². The molecule has 4 aliphatic rings. The topological polar surface area (TPSA) is 136 Å². The Kier molecular flexibility index (Phi) is 21.1. The number of carboxylic acids is 1. The van der Waals surface area contributed by atoms with E-state index in [1.54, 1.807) is 0 Å². The van der Waals surface area contributed by atoms with Gasteiger partial charge in [-0.25, -0.2) is 4.79 Å². The maximum Gasteiger partial charge on any atom is 0.326 e. The molecule has 336 valence electrons. The van der Waals surface area contributed by atoms with Crippen molar-refractivity contribution in [2.75, 3.05) is 6.54 Å². The standard InChI is InChI=1S/C52H82N2O6/c1-5-6-7-8-9-10-11-12-13-14-15-16-17-18-19-20-21-22-23-27-47(57)53-36-25-24-26-45(50(59)60)54-48(58)31-28-39(2)42-29-30-43-49-44(33-35-52(42,43)4)51(3)34-32-41(55)37-40(51)38-46(49)56/h6-7,9-10,12-13,15-16,18-19,21-22,39-46,49,55-56H,5,8,11,14,17,20,23-38H2,1-4H3,(H,53,57)(H,54,58)(H,59,60)/t39-,40+,41-,42?,43+,44+,45?,46-,49+,51+,52-/m1/s1. The number of hydrogen-bond donors (Lipinski definition) is 5. The monoisotopic (exact) mass is 831 g/mol. The molecule has 2 unspecified atom stereocenters. The first kappa shape index (κ1) is 49.4. The molecule has 8 heteroatoms. The van der Waals surface area contributed by atoms with E-state index >= 15 is 0 Å². The molecular formula is C52H82N2O6. The third kappa shape index (κ3) is 14.7. The van der Waals surface area contributed by atoms with Gasteiger partial charge in [0.25, 0.3) is 0 Å². The molecule has 0 aromatic rings. The van der Waals surface area contributed by atoms with Crippen molar-refractivity contribution >= 4 is 17.8 Å². The minimum atomic E-state index is -1.02. The summed E-state index contributed by atoms with van der Waals surface area (Å²) in [5, 5.41) is 37.5. The second-order valence-electron chi connectivity index (χ2n) is 19.2. The van der Waals surface area contributed by atoms with E-state index in [1.165, 1.54) is 0 Å². The van der Waals surface area contributed by atoms with Gasteiger partial charge in [-0.2, -0.15) is 0 Å². The molecule has 5 N–H and O–H groups in total. The molecule has 0 spiro atoms. The number of aliphatic hydroxyl groups is 2. The first-order valence-corrected chi connectivity index (χ1v) is 24.0. The lowest BCUT2D eigenvalue weighted by Gasteiger charge is -2.62. The molecule has 4 saturated carbocycles. The highest BCUT2D eigenvalue weighted by Crippen LogP contribution is 2.68. The number of hydrogen-bond acceptors (Lipinski definition) is 5. The summed E-state index contributed by atoms with van der Waals surface area (Å²) in [7, 11) is 0. The first-order valence-electron chi connectivity index (χ1n) is 24.0. The van der Waals surface area contributed by atoms with Crippen LogP contribution >= 0.6 is 0 Å². The molecule has 0 aromatic heterocycles. The minimum absolute atomic E-state index is 0.00924. The number of carbonyl (C=O) groups is 3. The average Bonchev–Trinajstić information content (AvgIpc) is 3.58. The van der Waals surface area contributed by atoms with E-state index in [2.05, 4.69) is 105 Å². The molecule has 8 nitrogen and oxygen atoms in total. The smallest absolute Gasteiger partial charge is 0.326 e. The summed E-state index contributed by atoms with van der Waals surface area (Å²) >= 11 is 0. The number of aliphatic hydroxyl groups excluding tert-OH is 2. The highest BCUT2D eigenvalue weighted by Gasteiger charge is 2.62. The number of rotatable bonds is 25. The summed E-state index contributed by atoms with van der Waals surface area (Å²) in [4.78, 5) is 37.4. The van der Waals surface area contributed by atoms with Gasteiger partial charge in [-0.05, 0) is 168 Å². The van der Waals surface area contributed by atoms with Crippen LogP contribution in [0.3, 0.4) is 0 Å². The van der Waals surface area contributed by atoms with Gasteiger partial charge in [0.15, 0.2) is 0 Å². The van der Waals surface area contributed by atoms with Crippen LogP contribution in [0.15, 0.2) is 72.9 Å². The molecule has 0 radical (unpaired) electrons. The van der Waals surface area contributed by atoms with Gasteiger partial charge in [0.2, 0.25) is 11.8 Å². The molecule has 0 aromatic carbocycles. The highest BCUT2D eigenvalue weighted by atomic mass is 16.4. The number of carboxylic acid groups (broad SMARTS) is 1. The predicted molar refractivity (Wildman–Crippen MR) is 245 cm³/mol. The molecular weight excluding hydrogens is 749 g/mol. The molecule has 0 heterocycles. The normalized spacial score (nSPS) is 31.6. The van der Waals surface area contributed by atoms with Crippen LogP contribution in [0.25, 0.3) is 0 Å².